The zero-order valence-corrected chi connectivity index (χ0v) is 14.5. The van der Waals surface area contributed by atoms with Gasteiger partial charge in [0.15, 0.2) is 5.16 Å². The molecule has 0 bridgehead atoms. The highest BCUT2D eigenvalue weighted by Gasteiger charge is 2.30. The van der Waals surface area contributed by atoms with Gasteiger partial charge in [-0.2, -0.15) is 0 Å². The second-order valence-corrected chi connectivity index (χ2v) is 6.99. The van der Waals surface area contributed by atoms with Gasteiger partial charge in [-0.3, -0.25) is 4.79 Å². The number of thioether (sulfide) groups is 1. The molecular formula is C16H19ClN4OS. The van der Waals surface area contributed by atoms with Crippen molar-refractivity contribution in [3.05, 3.63) is 35.1 Å². The van der Waals surface area contributed by atoms with Crippen LogP contribution in [0.4, 0.5) is 5.69 Å². The third-order valence-electron chi connectivity index (χ3n) is 3.58. The number of carbonyl (C=O) groups excluding carboxylic acids is 1. The van der Waals surface area contributed by atoms with E-state index in [1.807, 2.05) is 12.1 Å². The van der Waals surface area contributed by atoms with E-state index in [0.717, 1.165) is 23.9 Å². The molecule has 1 amide bonds. The molecule has 23 heavy (non-hydrogen) atoms. The van der Waals surface area contributed by atoms with E-state index in [0.29, 0.717) is 22.4 Å². The SMILES string of the molecule is CCCn1c(SCC(=O)Nc2cccc(Cl)c2)nnc1C1CC1. The molecule has 1 heterocycles. The third kappa shape index (κ3) is 4.26. The van der Waals surface area contributed by atoms with Crippen molar-refractivity contribution in [1.82, 2.24) is 14.8 Å². The van der Waals surface area contributed by atoms with Crippen molar-refractivity contribution in [3.63, 3.8) is 0 Å². The van der Waals surface area contributed by atoms with E-state index in [1.165, 1.54) is 24.6 Å². The summed E-state index contributed by atoms with van der Waals surface area (Å²) in [6, 6.07) is 7.14. The third-order valence-corrected chi connectivity index (χ3v) is 4.78. The number of hydrogen-bond acceptors (Lipinski definition) is 4. The van der Waals surface area contributed by atoms with Crippen LogP contribution in [0.5, 0.6) is 0 Å². The van der Waals surface area contributed by atoms with E-state index >= 15 is 0 Å². The van der Waals surface area contributed by atoms with Gasteiger partial charge in [0.2, 0.25) is 5.91 Å². The molecule has 3 rings (SSSR count). The van der Waals surface area contributed by atoms with E-state index in [2.05, 4.69) is 27.0 Å². The Bertz CT molecular complexity index is 699. The highest BCUT2D eigenvalue weighted by molar-refractivity contribution is 7.99. The molecule has 7 heteroatoms. The number of hydrogen-bond donors (Lipinski definition) is 1. The van der Waals surface area contributed by atoms with Gasteiger partial charge in [0.1, 0.15) is 5.82 Å². The lowest BCUT2D eigenvalue weighted by Gasteiger charge is -2.08. The van der Waals surface area contributed by atoms with Crippen LogP contribution in [-0.4, -0.2) is 26.4 Å². The summed E-state index contributed by atoms with van der Waals surface area (Å²) in [5.41, 5.74) is 0.705. The number of amides is 1. The Labute approximate surface area is 144 Å². The number of nitrogens with one attached hydrogen (secondary N) is 1. The maximum Gasteiger partial charge on any atom is 0.234 e. The molecule has 0 atom stereocenters. The van der Waals surface area contributed by atoms with Gasteiger partial charge in [0, 0.05) is 23.2 Å². The molecule has 5 nitrogen and oxygen atoms in total. The van der Waals surface area contributed by atoms with E-state index in [1.54, 1.807) is 12.1 Å². The predicted molar refractivity (Wildman–Crippen MR) is 93.1 cm³/mol. The Kier molecular flexibility index (Phi) is 5.23. The van der Waals surface area contributed by atoms with Crippen LogP contribution >= 0.6 is 23.4 Å². The average molecular weight is 351 g/mol. The van der Waals surface area contributed by atoms with Gasteiger partial charge in [-0.05, 0) is 37.5 Å². The summed E-state index contributed by atoms with van der Waals surface area (Å²) in [5, 5.41) is 12.9. The molecule has 0 saturated heterocycles. The smallest absolute Gasteiger partial charge is 0.234 e. The molecule has 0 radical (unpaired) electrons. The lowest BCUT2D eigenvalue weighted by Crippen LogP contribution is -2.14. The van der Waals surface area contributed by atoms with Crippen molar-refractivity contribution in [3.8, 4) is 0 Å². The van der Waals surface area contributed by atoms with Gasteiger partial charge < -0.3 is 9.88 Å². The van der Waals surface area contributed by atoms with Crippen LogP contribution in [0, 0.1) is 0 Å². The van der Waals surface area contributed by atoms with Crippen LogP contribution in [-0.2, 0) is 11.3 Å². The molecule has 0 aliphatic heterocycles. The Balaban J connectivity index is 1.60. The van der Waals surface area contributed by atoms with E-state index in [-0.39, 0.29) is 5.91 Å². The first-order valence-corrected chi connectivity index (χ1v) is 9.15. The summed E-state index contributed by atoms with van der Waals surface area (Å²) in [4.78, 5) is 12.1. The standard InChI is InChI=1S/C16H19ClN4OS/c1-2-8-21-15(11-6-7-11)19-20-16(21)23-10-14(22)18-13-5-3-4-12(17)9-13/h3-5,9,11H,2,6-8,10H2,1H3,(H,18,22). The van der Waals surface area contributed by atoms with Crippen LogP contribution < -0.4 is 5.32 Å². The minimum atomic E-state index is -0.0729. The molecular weight excluding hydrogens is 332 g/mol. The first-order chi connectivity index (χ1) is 11.2. The minimum Gasteiger partial charge on any atom is -0.325 e. The van der Waals surface area contributed by atoms with Crippen LogP contribution in [0.15, 0.2) is 29.4 Å². The zero-order valence-electron chi connectivity index (χ0n) is 13.0. The fraction of sp³-hybridized carbons (Fsp3) is 0.438. The van der Waals surface area contributed by atoms with Gasteiger partial charge >= 0.3 is 0 Å². The molecule has 2 aromatic rings. The van der Waals surface area contributed by atoms with Crippen molar-refractivity contribution in [2.24, 2.45) is 0 Å². The zero-order chi connectivity index (χ0) is 16.2. The highest BCUT2D eigenvalue weighted by Crippen LogP contribution is 2.40. The summed E-state index contributed by atoms with van der Waals surface area (Å²) in [6.07, 6.45) is 3.42. The van der Waals surface area contributed by atoms with Crippen molar-refractivity contribution < 1.29 is 4.79 Å². The summed E-state index contributed by atoms with van der Waals surface area (Å²) >= 11 is 7.35. The molecule has 1 aromatic heterocycles. The average Bonchev–Trinajstić information content (AvgIpc) is 3.28. The van der Waals surface area contributed by atoms with Gasteiger partial charge in [0.05, 0.1) is 5.75 Å². The van der Waals surface area contributed by atoms with E-state index in [9.17, 15) is 4.79 Å². The Morgan fingerprint density at radius 3 is 2.96 bits per heavy atom. The number of anilines is 1. The molecule has 1 aliphatic rings. The molecule has 1 aromatic carbocycles. The maximum absolute atomic E-state index is 12.1. The predicted octanol–water partition coefficient (Wildman–Crippen LogP) is 3.95. The van der Waals surface area contributed by atoms with Crippen LogP contribution in [0.3, 0.4) is 0 Å². The van der Waals surface area contributed by atoms with Crippen molar-refractivity contribution in [1.29, 1.82) is 0 Å². The number of halogens is 1. The highest BCUT2D eigenvalue weighted by atomic mass is 35.5. The number of carbonyl (C=O) groups is 1. The van der Waals surface area contributed by atoms with Gasteiger partial charge in [-0.25, -0.2) is 0 Å². The summed E-state index contributed by atoms with van der Waals surface area (Å²) < 4.78 is 2.16. The van der Waals surface area contributed by atoms with Crippen molar-refractivity contribution in [2.45, 2.75) is 43.8 Å². The van der Waals surface area contributed by atoms with E-state index in [4.69, 9.17) is 11.6 Å². The molecule has 122 valence electrons. The number of aromatic nitrogens is 3. The van der Waals surface area contributed by atoms with Crippen LogP contribution in [0.1, 0.15) is 37.9 Å². The Morgan fingerprint density at radius 2 is 2.26 bits per heavy atom. The normalized spacial score (nSPS) is 14.0. The summed E-state index contributed by atoms with van der Waals surface area (Å²) in [6.45, 7) is 3.04. The Morgan fingerprint density at radius 1 is 1.43 bits per heavy atom. The van der Waals surface area contributed by atoms with E-state index < -0.39 is 0 Å². The summed E-state index contributed by atoms with van der Waals surface area (Å²) in [5.74, 6) is 1.86. The number of benzene rings is 1. The quantitative estimate of drug-likeness (QED) is 0.768. The lowest BCUT2D eigenvalue weighted by atomic mass is 10.3. The first kappa shape index (κ1) is 16.3. The molecule has 0 spiro atoms. The first-order valence-electron chi connectivity index (χ1n) is 7.78. The molecule has 0 unspecified atom stereocenters. The topological polar surface area (TPSA) is 59.8 Å². The fourth-order valence-corrected chi connectivity index (χ4v) is 3.34. The van der Waals surface area contributed by atoms with Gasteiger partial charge in [0.25, 0.3) is 0 Å². The minimum absolute atomic E-state index is 0.0729. The second kappa shape index (κ2) is 7.36. The number of nitrogens with zero attached hydrogens (tertiary/aromatic N) is 3. The van der Waals surface area contributed by atoms with Gasteiger partial charge in [-0.15, -0.1) is 10.2 Å². The maximum atomic E-state index is 12.1. The number of rotatable bonds is 7. The lowest BCUT2D eigenvalue weighted by molar-refractivity contribution is -0.113. The second-order valence-electron chi connectivity index (χ2n) is 5.61. The van der Waals surface area contributed by atoms with Crippen molar-refractivity contribution in [2.75, 3.05) is 11.1 Å². The molecule has 1 saturated carbocycles. The summed E-state index contributed by atoms with van der Waals surface area (Å²) in [7, 11) is 0. The Hall–Kier alpha value is -1.53. The van der Waals surface area contributed by atoms with Gasteiger partial charge in [-0.1, -0.05) is 36.4 Å². The molecule has 1 fully saturated rings. The van der Waals surface area contributed by atoms with Crippen LogP contribution in [0.25, 0.3) is 0 Å². The largest absolute Gasteiger partial charge is 0.325 e. The van der Waals surface area contributed by atoms with Crippen molar-refractivity contribution >= 4 is 35.0 Å². The fourth-order valence-electron chi connectivity index (χ4n) is 2.38. The van der Waals surface area contributed by atoms with Crippen LogP contribution in [0.2, 0.25) is 5.02 Å². The molecule has 1 N–H and O–H groups in total. The monoisotopic (exact) mass is 350 g/mol. The molecule has 1 aliphatic carbocycles.